The van der Waals surface area contributed by atoms with E-state index >= 15 is 0 Å². The molecule has 2 aromatic rings. The van der Waals surface area contributed by atoms with Gasteiger partial charge in [0.25, 0.3) is 5.91 Å². The van der Waals surface area contributed by atoms with Crippen LogP contribution in [0.3, 0.4) is 0 Å². The van der Waals surface area contributed by atoms with Gasteiger partial charge in [0.15, 0.2) is 11.5 Å². The quantitative estimate of drug-likeness (QED) is 0.572. The summed E-state index contributed by atoms with van der Waals surface area (Å²) in [6.45, 7) is 4.59. The molecular weight excluding hydrogens is 469 g/mol. The molecule has 1 amide bonds. The molecule has 1 aliphatic rings. The Kier molecular flexibility index (Phi) is 11.6. The lowest BCUT2D eigenvalue weighted by Gasteiger charge is -2.32. The summed E-state index contributed by atoms with van der Waals surface area (Å²) >= 11 is 0. The number of amides is 1. The van der Waals surface area contributed by atoms with Crippen molar-refractivity contribution in [2.75, 3.05) is 47.5 Å². The van der Waals surface area contributed by atoms with Gasteiger partial charge in [-0.25, -0.2) is 0 Å². The molecule has 0 bridgehead atoms. The third-order valence-electron chi connectivity index (χ3n) is 5.24. The van der Waals surface area contributed by atoms with Gasteiger partial charge in [-0.2, -0.15) is 0 Å². The summed E-state index contributed by atoms with van der Waals surface area (Å²) in [5.41, 5.74) is 7.11. The van der Waals surface area contributed by atoms with Crippen LogP contribution in [-0.4, -0.2) is 64.4 Å². The first-order chi connectivity index (χ1) is 15.0. The van der Waals surface area contributed by atoms with Gasteiger partial charge >= 0.3 is 0 Å². The van der Waals surface area contributed by atoms with Crippen LogP contribution in [0.15, 0.2) is 30.3 Å². The maximum Gasteiger partial charge on any atom is 0.258 e. The Labute approximate surface area is 207 Å². The molecule has 10 heteroatoms. The van der Waals surface area contributed by atoms with Crippen molar-refractivity contribution in [3.63, 3.8) is 0 Å². The standard InChI is InChI=1S/C23H31N3O5.2ClH/c1-15-14-26(12-11-25-15)23(27)18-13-19(21(29-3)22(30-4)20(18)28-2)31-17-7-5-16(6-8-17)9-10-24;;/h5-8,13,15,25H,9-12,14,24H2,1-4H3;2*1H/t15-;;/m1../s1. The van der Waals surface area contributed by atoms with E-state index in [4.69, 9.17) is 24.7 Å². The zero-order chi connectivity index (χ0) is 22.4. The fraction of sp³-hybridized carbons (Fsp3) is 0.435. The van der Waals surface area contributed by atoms with Gasteiger partial charge in [0, 0.05) is 31.7 Å². The van der Waals surface area contributed by atoms with Crippen molar-refractivity contribution in [2.24, 2.45) is 5.73 Å². The number of halogens is 2. The average molecular weight is 502 g/mol. The van der Waals surface area contributed by atoms with E-state index in [1.165, 1.54) is 21.3 Å². The van der Waals surface area contributed by atoms with Crippen LogP contribution in [0.4, 0.5) is 0 Å². The van der Waals surface area contributed by atoms with Crippen molar-refractivity contribution in [1.82, 2.24) is 10.2 Å². The van der Waals surface area contributed by atoms with E-state index in [0.717, 1.165) is 18.5 Å². The minimum atomic E-state index is -0.144. The second-order valence-electron chi connectivity index (χ2n) is 7.41. The molecule has 0 unspecified atom stereocenters. The number of nitrogens with two attached hydrogens (primary N) is 1. The third kappa shape index (κ3) is 6.57. The number of rotatable bonds is 8. The van der Waals surface area contributed by atoms with Gasteiger partial charge in [-0.15, -0.1) is 24.8 Å². The number of methoxy groups -OCH3 is 3. The first kappa shape index (κ1) is 28.6. The van der Waals surface area contributed by atoms with Crippen molar-refractivity contribution in [1.29, 1.82) is 0 Å². The Bertz CT molecular complexity index is 912. The van der Waals surface area contributed by atoms with Crippen LogP contribution in [0.1, 0.15) is 22.8 Å². The Balaban J connectivity index is 0.00000272. The van der Waals surface area contributed by atoms with Crippen LogP contribution in [0.25, 0.3) is 0 Å². The number of ether oxygens (including phenoxy) is 4. The lowest BCUT2D eigenvalue weighted by molar-refractivity contribution is 0.0704. The number of piperazine rings is 1. The molecule has 1 saturated heterocycles. The Morgan fingerprint density at radius 2 is 1.70 bits per heavy atom. The topological polar surface area (TPSA) is 95.3 Å². The van der Waals surface area contributed by atoms with Crippen LogP contribution in [0.2, 0.25) is 0 Å². The van der Waals surface area contributed by atoms with Gasteiger partial charge in [0.1, 0.15) is 5.75 Å². The lowest BCUT2D eigenvalue weighted by Crippen LogP contribution is -2.51. The van der Waals surface area contributed by atoms with Gasteiger partial charge in [-0.05, 0) is 37.6 Å². The highest BCUT2D eigenvalue weighted by Gasteiger charge is 2.30. The fourth-order valence-corrected chi connectivity index (χ4v) is 3.72. The van der Waals surface area contributed by atoms with Gasteiger partial charge in [-0.1, -0.05) is 12.1 Å². The second kappa shape index (κ2) is 13.3. The lowest BCUT2D eigenvalue weighted by atomic mass is 10.1. The number of nitrogens with zero attached hydrogens (tertiary/aromatic N) is 1. The van der Waals surface area contributed by atoms with E-state index in [1.807, 2.05) is 31.2 Å². The van der Waals surface area contributed by atoms with Crippen molar-refractivity contribution in [3.8, 4) is 28.7 Å². The summed E-state index contributed by atoms with van der Waals surface area (Å²) in [6.07, 6.45) is 0.793. The largest absolute Gasteiger partial charge is 0.492 e. The highest BCUT2D eigenvalue weighted by Crippen LogP contribution is 2.48. The predicted octanol–water partition coefficient (Wildman–Crippen LogP) is 3.28. The molecule has 1 heterocycles. The van der Waals surface area contributed by atoms with E-state index in [1.54, 1.807) is 11.0 Å². The molecule has 0 radical (unpaired) electrons. The number of hydrogen-bond donors (Lipinski definition) is 2. The predicted molar refractivity (Wildman–Crippen MR) is 133 cm³/mol. The average Bonchev–Trinajstić information content (AvgIpc) is 2.79. The van der Waals surface area contributed by atoms with Crippen LogP contribution in [0, 0.1) is 0 Å². The molecule has 1 atom stereocenters. The minimum absolute atomic E-state index is 0. The zero-order valence-corrected chi connectivity index (χ0v) is 21.0. The zero-order valence-electron chi connectivity index (χ0n) is 19.4. The van der Waals surface area contributed by atoms with E-state index in [2.05, 4.69) is 5.32 Å². The molecule has 1 fully saturated rings. The van der Waals surface area contributed by atoms with Gasteiger partial charge in [-0.3, -0.25) is 4.79 Å². The van der Waals surface area contributed by atoms with E-state index in [-0.39, 0.29) is 36.8 Å². The van der Waals surface area contributed by atoms with Gasteiger partial charge < -0.3 is 34.9 Å². The molecule has 8 nitrogen and oxygen atoms in total. The van der Waals surface area contributed by atoms with E-state index in [0.29, 0.717) is 53.9 Å². The van der Waals surface area contributed by atoms with Crippen molar-refractivity contribution < 1.29 is 23.7 Å². The molecule has 184 valence electrons. The van der Waals surface area contributed by atoms with Gasteiger partial charge in [0.2, 0.25) is 11.5 Å². The maximum absolute atomic E-state index is 13.4. The summed E-state index contributed by atoms with van der Waals surface area (Å²) in [6, 6.07) is 9.52. The summed E-state index contributed by atoms with van der Waals surface area (Å²) in [5.74, 6) is 1.83. The summed E-state index contributed by atoms with van der Waals surface area (Å²) in [5, 5.41) is 3.34. The fourth-order valence-electron chi connectivity index (χ4n) is 3.72. The normalized spacial score (nSPS) is 15.1. The van der Waals surface area contributed by atoms with Gasteiger partial charge in [0.05, 0.1) is 26.9 Å². The Hall–Kier alpha value is -2.39. The molecule has 0 saturated carbocycles. The Morgan fingerprint density at radius 1 is 1.06 bits per heavy atom. The molecule has 0 spiro atoms. The number of nitrogens with one attached hydrogen (secondary N) is 1. The molecule has 33 heavy (non-hydrogen) atoms. The monoisotopic (exact) mass is 501 g/mol. The van der Waals surface area contributed by atoms with Crippen LogP contribution in [-0.2, 0) is 6.42 Å². The highest BCUT2D eigenvalue weighted by atomic mass is 35.5. The van der Waals surface area contributed by atoms with Crippen molar-refractivity contribution in [2.45, 2.75) is 19.4 Å². The third-order valence-corrected chi connectivity index (χ3v) is 5.24. The number of carbonyl (C=O) groups is 1. The maximum atomic E-state index is 13.4. The highest BCUT2D eigenvalue weighted by molar-refractivity contribution is 5.99. The molecule has 3 rings (SSSR count). The molecule has 0 aromatic heterocycles. The van der Waals surface area contributed by atoms with Crippen LogP contribution >= 0.6 is 24.8 Å². The number of benzene rings is 2. The summed E-state index contributed by atoms with van der Waals surface area (Å²) in [7, 11) is 4.53. The molecular formula is C23H33Cl2N3O5. The first-order valence-electron chi connectivity index (χ1n) is 10.3. The smallest absolute Gasteiger partial charge is 0.258 e. The molecule has 1 aliphatic heterocycles. The summed E-state index contributed by atoms with van der Waals surface area (Å²) in [4.78, 5) is 15.2. The molecule has 2 aromatic carbocycles. The minimum Gasteiger partial charge on any atom is -0.492 e. The molecule has 3 N–H and O–H groups in total. The second-order valence-corrected chi connectivity index (χ2v) is 7.41. The SMILES string of the molecule is COc1c(Oc2ccc(CCN)cc2)cc(C(=O)N2CCN[C@H](C)C2)c(OC)c1OC.Cl.Cl. The number of carbonyl (C=O) groups excluding carboxylic acids is 1. The van der Waals surface area contributed by atoms with Crippen molar-refractivity contribution >= 4 is 30.7 Å². The first-order valence-corrected chi connectivity index (χ1v) is 10.3. The van der Waals surface area contributed by atoms with Crippen LogP contribution in [0.5, 0.6) is 28.7 Å². The molecule has 0 aliphatic carbocycles. The Morgan fingerprint density at radius 3 is 2.24 bits per heavy atom. The summed E-state index contributed by atoms with van der Waals surface area (Å²) < 4.78 is 22.8. The number of hydrogen-bond acceptors (Lipinski definition) is 7. The van der Waals surface area contributed by atoms with Crippen LogP contribution < -0.4 is 30.0 Å². The van der Waals surface area contributed by atoms with E-state index in [9.17, 15) is 4.79 Å². The van der Waals surface area contributed by atoms with Crippen molar-refractivity contribution in [3.05, 3.63) is 41.5 Å². The van der Waals surface area contributed by atoms with E-state index < -0.39 is 0 Å².